The summed E-state index contributed by atoms with van der Waals surface area (Å²) in [7, 11) is 0. The molecule has 31 heavy (non-hydrogen) atoms. The molecule has 1 unspecified atom stereocenters. The summed E-state index contributed by atoms with van der Waals surface area (Å²) in [4.78, 5) is 17.4. The number of aryl methyl sites for hydroxylation is 1. The molecular weight excluding hydrogens is 410 g/mol. The van der Waals surface area contributed by atoms with Crippen LogP contribution < -0.4 is 10.1 Å². The SMILES string of the molecule is Cc1ccc(C(NC(=O)CN2CCN(CCOc3ccccc3Cl)CC2)C2CC2)cc1. The Bertz CT molecular complexity index is 861. The van der Waals surface area contributed by atoms with Crippen LogP contribution in [0.1, 0.15) is 30.0 Å². The second-order valence-electron chi connectivity index (χ2n) is 8.69. The molecule has 1 amide bonds. The highest BCUT2D eigenvalue weighted by atomic mass is 35.5. The molecule has 2 fully saturated rings. The number of benzene rings is 2. The molecule has 1 atom stereocenters. The lowest BCUT2D eigenvalue weighted by atomic mass is 10.0. The predicted molar refractivity (Wildman–Crippen MR) is 125 cm³/mol. The zero-order valence-corrected chi connectivity index (χ0v) is 19.0. The van der Waals surface area contributed by atoms with Crippen molar-refractivity contribution in [2.45, 2.75) is 25.8 Å². The molecule has 0 aromatic heterocycles. The van der Waals surface area contributed by atoms with Crippen molar-refractivity contribution in [3.8, 4) is 5.75 Å². The van der Waals surface area contributed by atoms with Gasteiger partial charge in [0.2, 0.25) is 5.91 Å². The van der Waals surface area contributed by atoms with Crippen LogP contribution in [0.25, 0.3) is 0 Å². The molecule has 1 saturated carbocycles. The number of para-hydroxylation sites is 1. The molecule has 1 heterocycles. The molecule has 2 aliphatic rings. The number of hydrogen-bond donors (Lipinski definition) is 1. The minimum absolute atomic E-state index is 0.132. The number of hydrogen-bond acceptors (Lipinski definition) is 4. The highest BCUT2D eigenvalue weighted by Crippen LogP contribution is 2.41. The molecule has 1 aliphatic heterocycles. The number of carbonyl (C=O) groups is 1. The lowest BCUT2D eigenvalue weighted by molar-refractivity contribution is -0.123. The Labute approximate surface area is 190 Å². The van der Waals surface area contributed by atoms with Crippen molar-refractivity contribution in [3.05, 3.63) is 64.7 Å². The third-order valence-corrected chi connectivity index (χ3v) is 6.49. The Morgan fingerprint density at radius 1 is 1.06 bits per heavy atom. The molecule has 1 aliphatic carbocycles. The van der Waals surface area contributed by atoms with E-state index in [2.05, 4.69) is 46.3 Å². The molecule has 2 aromatic carbocycles. The predicted octanol–water partition coefficient (Wildman–Crippen LogP) is 3.91. The average molecular weight is 442 g/mol. The monoisotopic (exact) mass is 441 g/mol. The molecule has 0 spiro atoms. The maximum atomic E-state index is 12.7. The number of nitrogens with one attached hydrogen (secondary N) is 1. The summed E-state index contributed by atoms with van der Waals surface area (Å²) >= 11 is 6.14. The maximum Gasteiger partial charge on any atom is 0.234 e. The van der Waals surface area contributed by atoms with Gasteiger partial charge in [0.1, 0.15) is 12.4 Å². The van der Waals surface area contributed by atoms with Crippen molar-refractivity contribution in [2.75, 3.05) is 45.9 Å². The minimum atomic E-state index is 0.132. The highest BCUT2D eigenvalue weighted by molar-refractivity contribution is 6.32. The van der Waals surface area contributed by atoms with E-state index in [0.29, 0.717) is 24.1 Å². The second kappa shape index (κ2) is 10.5. The first-order valence-corrected chi connectivity index (χ1v) is 11.6. The maximum absolute atomic E-state index is 12.7. The fraction of sp³-hybridized carbons (Fsp3) is 0.480. The van der Waals surface area contributed by atoms with E-state index in [0.717, 1.165) is 38.5 Å². The van der Waals surface area contributed by atoms with E-state index in [9.17, 15) is 4.79 Å². The first kappa shape index (κ1) is 22.1. The summed E-state index contributed by atoms with van der Waals surface area (Å²) in [6.45, 7) is 7.74. The number of amides is 1. The molecular formula is C25H32ClN3O2. The van der Waals surface area contributed by atoms with Gasteiger partial charge in [-0.25, -0.2) is 0 Å². The quantitative estimate of drug-likeness (QED) is 0.640. The molecule has 1 N–H and O–H groups in total. The summed E-state index contributed by atoms with van der Waals surface area (Å²) in [6, 6.07) is 16.3. The van der Waals surface area contributed by atoms with E-state index in [4.69, 9.17) is 16.3 Å². The van der Waals surface area contributed by atoms with Gasteiger partial charge in [0, 0.05) is 32.7 Å². The van der Waals surface area contributed by atoms with Gasteiger partial charge in [0.05, 0.1) is 17.6 Å². The molecule has 5 nitrogen and oxygen atoms in total. The standard InChI is InChI=1S/C25H32ClN3O2/c1-19-6-8-20(9-7-19)25(21-10-11-21)27-24(30)18-29-14-12-28(13-15-29)16-17-31-23-5-3-2-4-22(23)26/h2-9,21,25H,10-18H2,1H3,(H,27,30). The van der Waals surface area contributed by atoms with Gasteiger partial charge in [-0.1, -0.05) is 53.6 Å². The van der Waals surface area contributed by atoms with Gasteiger partial charge in [-0.15, -0.1) is 0 Å². The van der Waals surface area contributed by atoms with E-state index in [1.54, 1.807) is 0 Å². The topological polar surface area (TPSA) is 44.8 Å². The number of nitrogens with zero attached hydrogens (tertiary/aromatic N) is 2. The lowest BCUT2D eigenvalue weighted by Crippen LogP contribution is -2.50. The number of rotatable bonds is 9. The summed E-state index contributed by atoms with van der Waals surface area (Å²) in [5.74, 6) is 1.45. The molecule has 2 aromatic rings. The summed E-state index contributed by atoms with van der Waals surface area (Å²) in [5, 5.41) is 3.95. The summed E-state index contributed by atoms with van der Waals surface area (Å²) in [5.41, 5.74) is 2.48. The smallest absolute Gasteiger partial charge is 0.234 e. The van der Waals surface area contributed by atoms with Crippen LogP contribution >= 0.6 is 11.6 Å². The Morgan fingerprint density at radius 3 is 2.42 bits per heavy atom. The molecule has 166 valence electrons. The largest absolute Gasteiger partial charge is 0.491 e. The van der Waals surface area contributed by atoms with Gasteiger partial charge in [-0.3, -0.25) is 14.6 Å². The Balaban J connectivity index is 1.18. The van der Waals surface area contributed by atoms with E-state index in [1.807, 2.05) is 24.3 Å². The van der Waals surface area contributed by atoms with Crippen LogP contribution in [0.3, 0.4) is 0 Å². The van der Waals surface area contributed by atoms with E-state index in [1.165, 1.54) is 24.0 Å². The van der Waals surface area contributed by atoms with Crippen LogP contribution in [0.4, 0.5) is 0 Å². The van der Waals surface area contributed by atoms with E-state index in [-0.39, 0.29) is 11.9 Å². The third kappa shape index (κ3) is 6.45. The van der Waals surface area contributed by atoms with Gasteiger partial charge in [-0.05, 0) is 43.4 Å². The normalized spacial score (nSPS) is 18.5. The van der Waals surface area contributed by atoms with Crippen LogP contribution in [-0.4, -0.2) is 61.6 Å². The van der Waals surface area contributed by atoms with Crippen LogP contribution in [-0.2, 0) is 4.79 Å². The van der Waals surface area contributed by atoms with Crippen LogP contribution in [0.2, 0.25) is 5.02 Å². The van der Waals surface area contributed by atoms with Gasteiger partial charge >= 0.3 is 0 Å². The van der Waals surface area contributed by atoms with Crippen molar-refractivity contribution < 1.29 is 9.53 Å². The minimum Gasteiger partial charge on any atom is -0.491 e. The molecule has 1 saturated heterocycles. The summed E-state index contributed by atoms with van der Waals surface area (Å²) < 4.78 is 5.80. The Morgan fingerprint density at radius 2 is 1.74 bits per heavy atom. The second-order valence-corrected chi connectivity index (χ2v) is 9.10. The molecule has 0 bridgehead atoms. The Kier molecular flexibility index (Phi) is 7.49. The number of ether oxygens (including phenoxy) is 1. The van der Waals surface area contributed by atoms with Gasteiger partial charge in [-0.2, -0.15) is 0 Å². The van der Waals surface area contributed by atoms with E-state index < -0.39 is 0 Å². The summed E-state index contributed by atoms with van der Waals surface area (Å²) in [6.07, 6.45) is 2.40. The Hall–Kier alpha value is -2.08. The number of piperazine rings is 1. The van der Waals surface area contributed by atoms with Crippen molar-refractivity contribution >= 4 is 17.5 Å². The average Bonchev–Trinajstić information content (AvgIpc) is 3.61. The lowest BCUT2D eigenvalue weighted by Gasteiger charge is -2.34. The van der Waals surface area contributed by atoms with Crippen molar-refractivity contribution in [1.29, 1.82) is 0 Å². The third-order valence-electron chi connectivity index (χ3n) is 6.18. The number of carbonyl (C=O) groups excluding carboxylic acids is 1. The van der Waals surface area contributed by atoms with Gasteiger partial charge < -0.3 is 10.1 Å². The molecule has 4 rings (SSSR count). The highest BCUT2D eigenvalue weighted by Gasteiger charge is 2.33. The van der Waals surface area contributed by atoms with Crippen LogP contribution in [0.5, 0.6) is 5.75 Å². The van der Waals surface area contributed by atoms with Crippen LogP contribution in [0.15, 0.2) is 48.5 Å². The first-order valence-electron chi connectivity index (χ1n) is 11.3. The fourth-order valence-electron chi connectivity index (χ4n) is 4.12. The van der Waals surface area contributed by atoms with Crippen molar-refractivity contribution in [1.82, 2.24) is 15.1 Å². The number of halogens is 1. The molecule has 0 radical (unpaired) electrons. The van der Waals surface area contributed by atoms with Gasteiger partial charge in [0.15, 0.2) is 0 Å². The van der Waals surface area contributed by atoms with Crippen LogP contribution in [0, 0.1) is 12.8 Å². The molecule has 6 heteroatoms. The van der Waals surface area contributed by atoms with Crippen molar-refractivity contribution in [2.24, 2.45) is 5.92 Å². The fourth-order valence-corrected chi connectivity index (χ4v) is 4.31. The zero-order valence-electron chi connectivity index (χ0n) is 18.2. The first-order chi connectivity index (χ1) is 15.1. The zero-order chi connectivity index (χ0) is 21.6. The van der Waals surface area contributed by atoms with E-state index >= 15 is 0 Å². The van der Waals surface area contributed by atoms with Gasteiger partial charge in [0.25, 0.3) is 0 Å². The van der Waals surface area contributed by atoms with Crippen molar-refractivity contribution in [3.63, 3.8) is 0 Å².